The van der Waals surface area contributed by atoms with E-state index in [1.165, 1.54) is 12.1 Å². The third-order valence-corrected chi connectivity index (χ3v) is 5.75. The molecule has 3 nitrogen and oxygen atoms in total. The van der Waals surface area contributed by atoms with E-state index in [-0.39, 0.29) is 23.1 Å². The van der Waals surface area contributed by atoms with Crippen LogP contribution in [-0.4, -0.2) is 19.0 Å². The largest absolute Gasteiger partial charge is 0.325 e. The van der Waals surface area contributed by atoms with E-state index in [0.717, 1.165) is 37.9 Å². The van der Waals surface area contributed by atoms with Crippen molar-refractivity contribution in [1.82, 2.24) is 5.32 Å². The molecule has 130 valence electrons. The Labute approximate surface area is 151 Å². The molecule has 1 heterocycles. The van der Waals surface area contributed by atoms with Gasteiger partial charge < -0.3 is 10.6 Å². The predicted molar refractivity (Wildman–Crippen MR) is 98.1 cm³/mol. The van der Waals surface area contributed by atoms with Gasteiger partial charge in [0.2, 0.25) is 5.91 Å². The highest BCUT2D eigenvalue weighted by atomic mass is 35.5. The first kappa shape index (κ1) is 16.6. The lowest BCUT2D eigenvalue weighted by Gasteiger charge is -2.23. The number of halogens is 2. The number of amides is 1. The normalized spacial score (nSPS) is 21.1. The summed E-state index contributed by atoms with van der Waals surface area (Å²) in [6.07, 6.45) is 3.06. The van der Waals surface area contributed by atoms with Crippen molar-refractivity contribution in [3.8, 4) is 11.1 Å². The Balaban J connectivity index is 1.56. The lowest BCUT2D eigenvalue weighted by atomic mass is 9.91. The Morgan fingerprint density at radius 1 is 1.16 bits per heavy atom. The van der Waals surface area contributed by atoms with E-state index in [4.69, 9.17) is 11.6 Å². The molecule has 2 aromatic carbocycles. The van der Waals surface area contributed by atoms with Gasteiger partial charge in [-0.1, -0.05) is 23.7 Å². The SMILES string of the molecule is O=C(Nc1ccc(F)cc1-c1ccc(Cl)cc1)C1CC12CCNCC2. The first-order chi connectivity index (χ1) is 12.1. The highest BCUT2D eigenvalue weighted by Gasteiger charge is 2.57. The first-order valence-electron chi connectivity index (χ1n) is 8.64. The van der Waals surface area contributed by atoms with Gasteiger partial charge in [-0.15, -0.1) is 0 Å². The fourth-order valence-corrected chi connectivity index (χ4v) is 4.04. The standard InChI is InChI=1S/C20H20ClFN2O/c21-14-3-1-13(2-4-14)16-11-15(22)5-6-18(16)24-19(25)17-12-20(17)7-9-23-10-8-20/h1-6,11,17,23H,7-10,12H2,(H,24,25). The maximum atomic E-state index is 13.8. The van der Waals surface area contributed by atoms with Crippen LogP contribution in [-0.2, 0) is 4.79 Å². The number of hydrogen-bond donors (Lipinski definition) is 2. The number of rotatable bonds is 3. The van der Waals surface area contributed by atoms with Crippen molar-refractivity contribution in [2.24, 2.45) is 11.3 Å². The zero-order valence-corrected chi connectivity index (χ0v) is 14.6. The maximum Gasteiger partial charge on any atom is 0.228 e. The van der Waals surface area contributed by atoms with E-state index in [0.29, 0.717) is 16.3 Å². The third-order valence-electron chi connectivity index (χ3n) is 5.50. The van der Waals surface area contributed by atoms with Crippen LogP contribution in [0, 0.1) is 17.2 Å². The van der Waals surface area contributed by atoms with Crippen molar-refractivity contribution >= 4 is 23.2 Å². The highest BCUT2D eigenvalue weighted by molar-refractivity contribution is 6.30. The second-order valence-electron chi connectivity index (χ2n) is 7.06. The van der Waals surface area contributed by atoms with Crippen LogP contribution in [0.15, 0.2) is 42.5 Å². The minimum Gasteiger partial charge on any atom is -0.325 e. The quantitative estimate of drug-likeness (QED) is 0.849. The number of nitrogens with one attached hydrogen (secondary N) is 2. The Hall–Kier alpha value is -1.91. The molecular weight excluding hydrogens is 339 g/mol. The van der Waals surface area contributed by atoms with Crippen LogP contribution in [0.2, 0.25) is 5.02 Å². The summed E-state index contributed by atoms with van der Waals surface area (Å²) in [5.41, 5.74) is 2.32. The minimum absolute atomic E-state index is 0.0451. The summed E-state index contributed by atoms with van der Waals surface area (Å²) >= 11 is 5.94. The number of piperidine rings is 1. The maximum absolute atomic E-state index is 13.8. The molecule has 1 unspecified atom stereocenters. The van der Waals surface area contributed by atoms with Gasteiger partial charge in [0.05, 0.1) is 0 Å². The summed E-state index contributed by atoms with van der Waals surface area (Å²) in [4.78, 5) is 12.7. The fourth-order valence-electron chi connectivity index (χ4n) is 3.91. The van der Waals surface area contributed by atoms with Gasteiger partial charge >= 0.3 is 0 Å². The molecule has 1 amide bonds. The molecule has 0 bridgehead atoms. The van der Waals surface area contributed by atoms with Crippen LogP contribution in [0.3, 0.4) is 0 Å². The van der Waals surface area contributed by atoms with Gasteiger partial charge in [-0.3, -0.25) is 4.79 Å². The van der Waals surface area contributed by atoms with Crippen molar-refractivity contribution in [2.45, 2.75) is 19.3 Å². The molecule has 1 spiro atoms. The Bertz CT molecular complexity index is 800. The van der Waals surface area contributed by atoms with Crippen molar-refractivity contribution in [2.75, 3.05) is 18.4 Å². The average molecular weight is 359 g/mol. The van der Waals surface area contributed by atoms with E-state index in [1.807, 2.05) is 12.1 Å². The molecule has 2 fully saturated rings. The Morgan fingerprint density at radius 2 is 1.88 bits per heavy atom. The Morgan fingerprint density at radius 3 is 2.60 bits per heavy atom. The molecule has 5 heteroatoms. The van der Waals surface area contributed by atoms with Gasteiger partial charge in [0, 0.05) is 22.2 Å². The second kappa shape index (κ2) is 6.43. The van der Waals surface area contributed by atoms with Crippen molar-refractivity contribution in [3.63, 3.8) is 0 Å². The first-order valence-corrected chi connectivity index (χ1v) is 9.02. The topological polar surface area (TPSA) is 41.1 Å². The monoisotopic (exact) mass is 358 g/mol. The number of benzene rings is 2. The van der Waals surface area contributed by atoms with Crippen molar-refractivity contribution < 1.29 is 9.18 Å². The molecule has 1 saturated carbocycles. The molecule has 2 aromatic rings. The zero-order valence-electron chi connectivity index (χ0n) is 13.8. The van der Waals surface area contributed by atoms with E-state index in [9.17, 15) is 9.18 Å². The van der Waals surface area contributed by atoms with Gasteiger partial charge in [-0.05, 0) is 73.7 Å². The number of anilines is 1. The molecule has 1 aliphatic heterocycles. The molecule has 1 saturated heterocycles. The van der Waals surface area contributed by atoms with Crippen molar-refractivity contribution in [3.05, 3.63) is 53.3 Å². The molecule has 1 atom stereocenters. The van der Waals surface area contributed by atoms with E-state index in [2.05, 4.69) is 10.6 Å². The lowest BCUT2D eigenvalue weighted by Crippen LogP contribution is -2.31. The Kier molecular flexibility index (Phi) is 4.26. The van der Waals surface area contributed by atoms with Gasteiger partial charge in [0.15, 0.2) is 0 Å². The highest BCUT2D eigenvalue weighted by Crippen LogP contribution is 2.58. The summed E-state index contributed by atoms with van der Waals surface area (Å²) in [5.74, 6) is -0.217. The zero-order chi connectivity index (χ0) is 17.4. The molecule has 2 N–H and O–H groups in total. The van der Waals surface area contributed by atoms with Crippen LogP contribution >= 0.6 is 11.6 Å². The van der Waals surface area contributed by atoms with Gasteiger partial charge in [-0.2, -0.15) is 0 Å². The van der Waals surface area contributed by atoms with Crippen LogP contribution in [0.4, 0.5) is 10.1 Å². The van der Waals surface area contributed by atoms with Crippen LogP contribution in [0.1, 0.15) is 19.3 Å². The number of carbonyl (C=O) groups excluding carboxylic acids is 1. The minimum atomic E-state index is -0.329. The lowest BCUT2D eigenvalue weighted by molar-refractivity contribution is -0.118. The van der Waals surface area contributed by atoms with E-state index < -0.39 is 0 Å². The molecule has 1 aliphatic carbocycles. The van der Waals surface area contributed by atoms with Gasteiger partial charge in [0.25, 0.3) is 0 Å². The van der Waals surface area contributed by atoms with Crippen LogP contribution in [0.25, 0.3) is 11.1 Å². The average Bonchev–Trinajstić information content (AvgIpc) is 3.31. The summed E-state index contributed by atoms with van der Waals surface area (Å²) in [6.45, 7) is 1.96. The summed E-state index contributed by atoms with van der Waals surface area (Å²) < 4.78 is 13.8. The predicted octanol–water partition coefficient (Wildman–Crippen LogP) is 4.47. The molecule has 0 radical (unpaired) electrons. The molecular formula is C20H20ClFN2O. The van der Waals surface area contributed by atoms with Gasteiger partial charge in [-0.25, -0.2) is 4.39 Å². The summed E-state index contributed by atoms with van der Waals surface area (Å²) in [6, 6.07) is 11.6. The smallest absolute Gasteiger partial charge is 0.228 e. The fraction of sp³-hybridized carbons (Fsp3) is 0.350. The molecule has 0 aromatic heterocycles. The summed E-state index contributed by atoms with van der Waals surface area (Å²) in [7, 11) is 0. The number of hydrogen-bond acceptors (Lipinski definition) is 2. The van der Waals surface area contributed by atoms with Gasteiger partial charge in [0.1, 0.15) is 5.82 Å². The number of carbonyl (C=O) groups is 1. The van der Waals surface area contributed by atoms with E-state index >= 15 is 0 Å². The van der Waals surface area contributed by atoms with Crippen LogP contribution in [0.5, 0.6) is 0 Å². The molecule has 4 rings (SSSR count). The third kappa shape index (κ3) is 3.29. The molecule has 25 heavy (non-hydrogen) atoms. The molecule has 2 aliphatic rings. The van der Waals surface area contributed by atoms with Crippen molar-refractivity contribution in [1.29, 1.82) is 0 Å². The van der Waals surface area contributed by atoms with E-state index in [1.54, 1.807) is 18.2 Å². The van der Waals surface area contributed by atoms with Crippen LogP contribution < -0.4 is 10.6 Å². The second-order valence-corrected chi connectivity index (χ2v) is 7.49. The summed E-state index contributed by atoms with van der Waals surface area (Å²) in [5, 5.41) is 6.99.